The van der Waals surface area contributed by atoms with Crippen LogP contribution in [0.1, 0.15) is 21.6 Å². The van der Waals surface area contributed by atoms with Crippen LogP contribution in [-0.2, 0) is 12.2 Å². The fraction of sp³-hybridized carbons (Fsp3) is 0.267. The molecule has 0 saturated carbocycles. The lowest BCUT2D eigenvalue weighted by molar-refractivity contribution is 0.322. The fourth-order valence-corrected chi connectivity index (χ4v) is 3.81. The molecule has 0 saturated heterocycles. The average molecular weight is 304 g/mol. The van der Waals surface area contributed by atoms with Gasteiger partial charge in [-0.05, 0) is 34.2 Å². The lowest BCUT2D eigenvalue weighted by Gasteiger charge is -2.06. The van der Waals surface area contributed by atoms with Crippen molar-refractivity contribution in [3.8, 4) is 0 Å². The molecule has 0 unspecified atom stereocenters. The number of amidine groups is 1. The molecular weight excluding hydrogens is 288 g/mol. The number of rotatable bonds is 4. The van der Waals surface area contributed by atoms with Crippen LogP contribution in [0.15, 0.2) is 34.6 Å². The van der Waals surface area contributed by atoms with Crippen molar-refractivity contribution >= 4 is 34.6 Å². The third kappa shape index (κ3) is 2.75. The van der Waals surface area contributed by atoms with Crippen molar-refractivity contribution in [1.29, 1.82) is 0 Å². The SMILES string of the molecule is NC1=Nc2cc(CSCCO)ccc2Cc2ccsc21. The average Bonchev–Trinajstić information content (AvgIpc) is 2.85. The monoisotopic (exact) mass is 304 g/mol. The first-order valence-electron chi connectivity index (χ1n) is 6.49. The van der Waals surface area contributed by atoms with Gasteiger partial charge in [0.25, 0.3) is 0 Å². The molecule has 3 rings (SSSR count). The third-order valence-electron chi connectivity index (χ3n) is 3.26. The predicted molar refractivity (Wildman–Crippen MR) is 87.2 cm³/mol. The molecule has 1 aromatic carbocycles. The molecule has 0 atom stereocenters. The summed E-state index contributed by atoms with van der Waals surface area (Å²) in [5.41, 5.74) is 10.8. The van der Waals surface area contributed by atoms with Crippen LogP contribution in [-0.4, -0.2) is 23.3 Å². The summed E-state index contributed by atoms with van der Waals surface area (Å²) in [6.45, 7) is 0.223. The zero-order valence-electron chi connectivity index (χ0n) is 11.0. The van der Waals surface area contributed by atoms with Gasteiger partial charge in [0.1, 0.15) is 5.84 Å². The maximum atomic E-state index is 8.83. The number of aliphatic hydroxyl groups excluding tert-OH is 1. The van der Waals surface area contributed by atoms with Crippen LogP contribution in [0, 0.1) is 0 Å². The number of hydrogen-bond donors (Lipinski definition) is 2. The summed E-state index contributed by atoms with van der Waals surface area (Å²) in [4.78, 5) is 5.68. The van der Waals surface area contributed by atoms with Gasteiger partial charge in [0, 0.05) is 17.9 Å². The van der Waals surface area contributed by atoms with Crippen LogP contribution in [0.25, 0.3) is 0 Å². The normalized spacial score (nSPS) is 13.3. The molecule has 0 bridgehead atoms. The summed E-state index contributed by atoms with van der Waals surface area (Å²) < 4.78 is 0. The first-order valence-corrected chi connectivity index (χ1v) is 8.52. The van der Waals surface area contributed by atoms with Crippen molar-refractivity contribution in [3.63, 3.8) is 0 Å². The first-order chi connectivity index (χ1) is 9.78. The van der Waals surface area contributed by atoms with Crippen LogP contribution in [0.2, 0.25) is 0 Å². The van der Waals surface area contributed by atoms with Gasteiger partial charge in [0.2, 0.25) is 0 Å². The van der Waals surface area contributed by atoms with Gasteiger partial charge in [-0.3, -0.25) is 0 Å². The zero-order chi connectivity index (χ0) is 13.9. The lowest BCUT2D eigenvalue weighted by Crippen LogP contribution is -2.11. The smallest absolute Gasteiger partial charge is 0.141 e. The number of benzene rings is 1. The Kier molecular flexibility index (Phi) is 4.10. The van der Waals surface area contributed by atoms with E-state index in [1.807, 2.05) is 0 Å². The largest absolute Gasteiger partial charge is 0.396 e. The van der Waals surface area contributed by atoms with E-state index in [9.17, 15) is 0 Å². The molecule has 5 heteroatoms. The van der Waals surface area contributed by atoms with Crippen molar-refractivity contribution in [2.45, 2.75) is 12.2 Å². The van der Waals surface area contributed by atoms with Gasteiger partial charge in [0.15, 0.2) is 0 Å². The standard InChI is InChI=1S/C15H16N2OS2/c16-15-14-12(3-5-20-14)8-11-2-1-10(7-13(11)17-15)9-19-6-4-18/h1-3,5,7,18H,4,6,8-9H2,(H2,16,17). The quantitative estimate of drug-likeness (QED) is 0.854. The van der Waals surface area contributed by atoms with Gasteiger partial charge in [-0.1, -0.05) is 12.1 Å². The molecule has 0 amide bonds. The van der Waals surface area contributed by atoms with Gasteiger partial charge < -0.3 is 10.8 Å². The molecule has 2 aromatic rings. The Labute approximate surface area is 126 Å². The van der Waals surface area contributed by atoms with E-state index in [2.05, 4.69) is 34.6 Å². The Morgan fingerprint density at radius 1 is 1.30 bits per heavy atom. The van der Waals surface area contributed by atoms with Gasteiger partial charge in [0.05, 0.1) is 17.2 Å². The van der Waals surface area contributed by atoms with E-state index in [1.54, 1.807) is 23.1 Å². The summed E-state index contributed by atoms with van der Waals surface area (Å²) >= 11 is 3.38. The van der Waals surface area contributed by atoms with E-state index in [1.165, 1.54) is 16.7 Å². The van der Waals surface area contributed by atoms with Gasteiger partial charge in [-0.2, -0.15) is 11.8 Å². The van der Waals surface area contributed by atoms with Crippen molar-refractivity contribution in [3.05, 3.63) is 51.2 Å². The molecule has 2 heterocycles. The van der Waals surface area contributed by atoms with Crippen LogP contribution >= 0.6 is 23.1 Å². The Hall–Kier alpha value is -1.30. The van der Waals surface area contributed by atoms with Crippen molar-refractivity contribution in [2.24, 2.45) is 10.7 Å². The van der Waals surface area contributed by atoms with E-state index in [0.29, 0.717) is 5.84 Å². The van der Waals surface area contributed by atoms with E-state index >= 15 is 0 Å². The van der Waals surface area contributed by atoms with E-state index in [-0.39, 0.29) is 6.61 Å². The molecule has 0 radical (unpaired) electrons. The predicted octanol–water partition coefficient (Wildman–Crippen LogP) is 2.91. The zero-order valence-corrected chi connectivity index (χ0v) is 12.6. The second-order valence-electron chi connectivity index (χ2n) is 4.69. The molecule has 1 aliphatic heterocycles. The Balaban J connectivity index is 1.90. The van der Waals surface area contributed by atoms with Gasteiger partial charge >= 0.3 is 0 Å². The molecule has 0 aliphatic carbocycles. The molecule has 0 spiro atoms. The number of thioether (sulfide) groups is 1. The van der Waals surface area contributed by atoms with Crippen LogP contribution in [0.5, 0.6) is 0 Å². The van der Waals surface area contributed by atoms with E-state index in [0.717, 1.165) is 28.5 Å². The minimum atomic E-state index is 0.223. The molecule has 3 N–H and O–H groups in total. The molecule has 1 aliphatic rings. The van der Waals surface area contributed by atoms with Gasteiger partial charge in [-0.25, -0.2) is 4.99 Å². The highest BCUT2D eigenvalue weighted by atomic mass is 32.2. The van der Waals surface area contributed by atoms with Crippen molar-refractivity contribution in [1.82, 2.24) is 0 Å². The van der Waals surface area contributed by atoms with Crippen LogP contribution in [0.3, 0.4) is 0 Å². The van der Waals surface area contributed by atoms with Crippen LogP contribution < -0.4 is 5.73 Å². The van der Waals surface area contributed by atoms with Crippen molar-refractivity contribution in [2.75, 3.05) is 12.4 Å². The maximum absolute atomic E-state index is 8.83. The number of nitrogens with two attached hydrogens (primary N) is 1. The summed E-state index contributed by atoms with van der Waals surface area (Å²) in [5.74, 6) is 2.28. The molecule has 20 heavy (non-hydrogen) atoms. The van der Waals surface area contributed by atoms with E-state index < -0.39 is 0 Å². The van der Waals surface area contributed by atoms with Crippen LogP contribution in [0.4, 0.5) is 5.69 Å². The highest BCUT2D eigenvalue weighted by molar-refractivity contribution is 7.98. The number of aliphatic imine (C=N–C) groups is 1. The fourth-order valence-electron chi connectivity index (χ4n) is 2.29. The highest BCUT2D eigenvalue weighted by Gasteiger charge is 2.16. The molecule has 104 valence electrons. The Morgan fingerprint density at radius 3 is 3.05 bits per heavy atom. The maximum Gasteiger partial charge on any atom is 0.141 e. The van der Waals surface area contributed by atoms with Gasteiger partial charge in [-0.15, -0.1) is 11.3 Å². The summed E-state index contributed by atoms with van der Waals surface area (Å²) in [6, 6.07) is 8.53. The second-order valence-corrected chi connectivity index (χ2v) is 6.71. The molecule has 1 aromatic heterocycles. The number of hydrogen-bond acceptors (Lipinski definition) is 5. The summed E-state index contributed by atoms with van der Waals surface area (Å²) in [5, 5.41) is 10.9. The number of fused-ring (bicyclic) bond motifs is 2. The highest BCUT2D eigenvalue weighted by Crippen LogP contribution is 2.31. The molecule has 0 fully saturated rings. The summed E-state index contributed by atoms with van der Waals surface area (Å²) in [7, 11) is 0. The minimum Gasteiger partial charge on any atom is -0.396 e. The number of nitrogens with zero attached hydrogens (tertiary/aromatic N) is 1. The Morgan fingerprint density at radius 2 is 2.20 bits per heavy atom. The third-order valence-corrected chi connectivity index (χ3v) is 5.24. The summed E-state index contributed by atoms with van der Waals surface area (Å²) in [6.07, 6.45) is 0.891. The Bertz CT molecular complexity index is 649. The number of aliphatic hydroxyl groups is 1. The number of thiophene rings is 1. The molecule has 3 nitrogen and oxygen atoms in total. The second kappa shape index (κ2) is 5.99. The topological polar surface area (TPSA) is 58.6 Å². The van der Waals surface area contributed by atoms with E-state index in [4.69, 9.17) is 10.8 Å². The lowest BCUT2D eigenvalue weighted by atomic mass is 10.0. The molecular formula is C15H16N2OS2. The first kappa shape index (κ1) is 13.7. The van der Waals surface area contributed by atoms with Crippen molar-refractivity contribution < 1.29 is 5.11 Å². The minimum absolute atomic E-state index is 0.223.